The molecule has 0 atom stereocenters. The number of anilines is 1. The minimum absolute atomic E-state index is 0.168. The molecular weight excluding hydrogens is 236 g/mol. The van der Waals surface area contributed by atoms with Crippen LogP contribution in [0, 0.1) is 10.1 Å². The molecule has 1 rings (SSSR count). The number of nitro groups is 1. The predicted molar refractivity (Wildman–Crippen MR) is 58.8 cm³/mol. The van der Waals surface area contributed by atoms with Gasteiger partial charge in [-0.2, -0.15) is 0 Å². The predicted octanol–water partition coefficient (Wildman–Crippen LogP) is 2.82. The average molecular weight is 245 g/mol. The zero-order valence-electron chi connectivity index (χ0n) is 8.40. The minimum atomic E-state index is -0.681. The molecule has 86 valence electrons. The first kappa shape index (κ1) is 12.3. The van der Waals surface area contributed by atoms with Crippen molar-refractivity contribution in [2.24, 2.45) is 0 Å². The number of halogens is 1. The van der Waals surface area contributed by atoms with Crippen molar-refractivity contribution in [3.05, 3.63) is 33.3 Å². The van der Waals surface area contributed by atoms with Crippen LogP contribution in [-0.4, -0.2) is 17.6 Å². The Hall–Kier alpha value is -1.82. The number of nitrogens with zero attached hydrogens (tertiary/aromatic N) is 1. The third-order valence-corrected chi connectivity index (χ3v) is 1.83. The number of carbonyl (C=O) groups excluding carboxylic acids is 1. The summed E-state index contributed by atoms with van der Waals surface area (Å²) >= 11 is 5.66. The van der Waals surface area contributed by atoms with E-state index in [1.54, 1.807) is 6.92 Å². The summed E-state index contributed by atoms with van der Waals surface area (Å²) in [7, 11) is 0. The van der Waals surface area contributed by atoms with E-state index < -0.39 is 11.0 Å². The number of amides is 1. The first-order chi connectivity index (χ1) is 7.52. The van der Waals surface area contributed by atoms with E-state index in [0.29, 0.717) is 0 Å². The fourth-order valence-electron chi connectivity index (χ4n) is 1.04. The second-order valence-electron chi connectivity index (χ2n) is 2.80. The van der Waals surface area contributed by atoms with Crippen molar-refractivity contribution in [3.63, 3.8) is 0 Å². The van der Waals surface area contributed by atoms with Gasteiger partial charge in [0.05, 0.1) is 17.2 Å². The molecule has 0 saturated carbocycles. The molecule has 0 aliphatic heterocycles. The molecule has 16 heavy (non-hydrogen) atoms. The Morgan fingerprint density at radius 1 is 1.56 bits per heavy atom. The second-order valence-corrected chi connectivity index (χ2v) is 3.24. The molecule has 0 aliphatic rings. The van der Waals surface area contributed by atoms with Gasteiger partial charge in [-0.3, -0.25) is 15.4 Å². The third kappa shape index (κ3) is 3.39. The van der Waals surface area contributed by atoms with E-state index in [9.17, 15) is 14.9 Å². The lowest BCUT2D eigenvalue weighted by molar-refractivity contribution is -0.384. The van der Waals surface area contributed by atoms with E-state index in [0.717, 1.165) is 0 Å². The van der Waals surface area contributed by atoms with Crippen LogP contribution in [0.25, 0.3) is 0 Å². The van der Waals surface area contributed by atoms with Gasteiger partial charge in [0.15, 0.2) is 0 Å². The van der Waals surface area contributed by atoms with Crippen LogP contribution in [0.2, 0.25) is 5.02 Å². The average Bonchev–Trinajstić information content (AvgIpc) is 2.16. The molecule has 0 radical (unpaired) electrons. The van der Waals surface area contributed by atoms with E-state index in [4.69, 9.17) is 11.6 Å². The van der Waals surface area contributed by atoms with Crippen LogP contribution in [0.4, 0.5) is 16.2 Å². The lowest BCUT2D eigenvalue weighted by Crippen LogP contribution is -2.13. The van der Waals surface area contributed by atoms with Gasteiger partial charge in [-0.15, -0.1) is 0 Å². The van der Waals surface area contributed by atoms with Crippen molar-refractivity contribution in [2.45, 2.75) is 6.92 Å². The lowest BCUT2D eigenvalue weighted by atomic mass is 10.3. The maximum Gasteiger partial charge on any atom is 0.411 e. The molecule has 1 aromatic carbocycles. The number of nitro benzene ring substituents is 1. The maximum absolute atomic E-state index is 11.1. The van der Waals surface area contributed by atoms with Gasteiger partial charge in [0.1, 0.15) is 0 Å². The number of carbonyl (C=O) groups is 1. The summed E-state index contributed by atoms with van der Waals surface area (Å²) < 4.78 is 4.62. The van der Waals surface area contributed by atoms with Gasteiger partial charge >= 0.3 is 6.09 Å². The molecule has 0 aromatic heterocycles. The first-order valence-corrected chi connectivity index (χ1v) is 4.79. The summed E-state index contributed by atoms with van der Waals surface area (Å²) in [5.74, 6) is 0. The van der Waals surface area contributed by atoms with E-state index in [2.05, 4.69) is 10.1 Å². The summed E-state index contributed by atoms with van der Waals surface area (Å²) in [6, 6.07) is 3.78. The number of non-ortho nitro benzene ring substituents is 1. The quantitative estimate of drug-likeness (QED) is 0.655. The molecule has 0 unspecified atom stereocenters. The van der Waals surface area contributed by atoms with Crippen LogP contribution in [0.5, 0.6) is 0 Å². The van der Waals surface area contributed by atoms with Crippen LogP contribution in [0.1, 0.15) is 6.92 Å². The molecule has 7 heteroatoms. The van der Waals surface area contributed by atoms with Gasteiger partial charge in [0.25, 0.3) is 5.69 Å². The molecule has 0 aliphatic carbocycles. The van der Waals surface area contributed by atoms with Crippen molar-refractivity contribution in [1.82, 2.24) is 0 Å². The molecule has 1 amide bonds. The third-order valence-electron chi connectivity index (χ3n) is 1.62. The normalized spacial score (nSPS) is 9.62. The van der Waals surface area contributed by atoms with Crippen LogP contribution in [0.15, 0.2) is 18.2 Å². The summed E-state index contributed by atoms with van der Waals surface area (Å²) in [4.78, 5) is 21.0. The lowest BCUT2D eigenvalue weighted by Gasteiger charge is -2.05. The smallest absolute Gasteiger partial charge is 0.411 e. The largest absolute Gasteiger partial charge is 0.450 e. The van der Waals surface area contributed by atoms with Crippen molar-refractivity contribution >= 4 is 29.1 Å². The monoisotopic (exact) mass is 244 g/mol. The van der Waals surface area contributed by atoms with Crippen molar-refractivity contribution in [2.75, 3.05) is 11.9 Å². The molecule has 0 fully saturated rings. The highest BCUT2D eigenvalue weighted by Crippen LogP contribution is 2.24. The summed E-state index contributed by atoms with van der Waals surface area (Å²) in [5, 5.41) is 13.0. The van der Waals surface area contributed by atoms with Gasteiger partial charge in [-0.25, -0.2) is 4.79 Å². The Bertz CT molecular complexity index is 422. The summed E-state index contributed by atoms with van der Waals surface area (Å²) in [6.45, 7) is 1.87. The number of nitrogens with one attached hydrogen (secondary N) is 1. The Labute approximate surface area is 96.3 Å². The van der Waals surface area contributed by atoms with Crippen molar-refractivity contribution in [1.29, 1.82) is 0 Å². The van der Waals surface area contributed by atoms with E-state index in [1.165, 1.54) is 18.2 Å². The SMILES string of the molecule is CCOC(=O)Nc1cc(Cl)cc([N+](=O)[O-])c1. The van der Waals surface area contributed by atoms with Gasteiger partial charge in [0, 0.05) is 17.2 Å². The Morgan fingerprint density at radius 2 is 2.25 bits per heavy atom. The highest BCUT2D eigenvalue weighted by atomic mass is 35.5. The standard InChI is InChI=1S/C9H9ClN2O4/c1-2-16-9(13)11-7-3-6(10)4-8(5-7)12(14)15/h3-5H,2H2,1H3,(H,11,13). The number of hydrogen-bond donors (Lipinski definition) is 1. The molecule has 6 nitrogen and oxygen atoms in total. The van der Waals surface area contributed by atoms with Crippen molar-refractivity contribution in [3.8, 4) is 0 Å². The Balaban J connectivity index is 2.88. The second kappa shape index (κ2) is 5.32. The van der Waals surface area contributed by atoms with Gasteiger partial charge in [-0.05, 0) is 13.0 Å². The van der Waals surface area contributed by atoms with E-state index in [1.807, 2.05) is 0 Å². The topological polar surface area (TPSA) is 81.5 Å². The summed E-state index contributed by atoms with van der Waals surface area (Å²) in [6.07, 6.45) is -0.681. The molecule has 0 bridgehead atoms. The summed E-state index contributed by atoms with van der Waals surface area (Å²) in [5.41, 5.74) is 0.0250. The maximum atomic E-state index is 11.1. The molecule has 1 aromatic rings. The molecular formula is C9H9ClN2O4. The fourth-order valence-corrected chi connectivity index (χ4v) is 1.27. The van der Waals surface area contributed by atoms with E-state index in [-0.39, 0.29) is 23.0 Å². The number of rotatable bonds is 3. The number of hydrogen-bond acceptors (Lipinski definition) is 4. The molecule has 0 heterocycles. The number of ether oxygens (including phenoxy) is 1. The van der Waals surface area contributed by atoms with E-state index >= 15 is 0 Å². The van der Waals surface area contributed by atoms with Gasteiger partial charge in [-0.1, -0.05) is 11.6 Å². The molecule has 0 saturated heterocycles. The minimum Gasteiger partial charge on any atom is -0.450 e. The van der Waals surface area contributed by atoms with Crippen LogP contribution in [-0.2, 0) is 4.74 Å². The first-order valence-electron chi connectivity index (χ1n) is 4.41. The number of benzene rings is 1. The molecule has 1 N–H and O–H groups in total. The van der Waals surface area contributed by atoms with Crippen molar-refractivity contribution < 1.29 is 14.5 Å². The zero-order valence-corrected chi connectivity index (χ0v) is 9.15. The van der Waals surface area contributed by atoms with Gasteiger partial charge < -0.3 is 4.74 Å². The fraction of sp³-hybridized carbons (Fsp3) is 0.222. The van der Waals surface area contributed by atoms with Crippen LogP contribution < -0.4 is 5.32 Å². The van der Waals surface area contributed by atoms with Gasteiger partial charge in [0.2, 0.25) is 0 Å². The Morgan fingerprint density at radius 3 is 2.81 bits per heavy atom. The Kier molecular flexibility index (Phi) is 4.07. The molecule has 0 spiro atoms. The van der Waals surface area contributed by atoms with Crippen LogP contribution >= 0.6 is 11.6 Å². The highest BCUT2D eigenvalue weighted by molar-refractivity contribution is 6.31. The highest BCUT2D eigenvalue weighted by Gasteiger charge is 2.10. The zero-order chi connectivity index (χ0) is 12.1. The van der Waals surface area contributed by atoms with Crippen LogP contribution in [0.3, 0.4) is 0 Å².